The molecular weight excluding hydrogens is 242 g/mol. The van der Waals surface area contributed by atoms with Gasteiger partial charge < -0.3 is 20.3 Å². The van der Waals surface area contributed by atoms with Crippen LogP contribution in [-0.2, 0) is 4.79 Å². The van der Waals surface area contributed by atoms with Gasteiger partial charge in [0.25, 0.3) is 0 Å². The van der Waals surface area contributed by atoms with Gasteiger partial charge >= 0.3 is 0 Å². The first kappa shape index (κ1) is 13.0. The molecule has 0 spiro atoms. The summed E-state index contributed by atoms with van der Waals surface area (Å²) in [6.45, 7) is 0. The molecule has 2 rings (SSSR count). The summed E-state index contributed by atoms with van der Waals surface area (Å²) in [5.74, 6) is 0.313. The van der Waals surface area contributed by atoms with Crippen LogP contribution in [0.25, 0.3) is 0 Å². The summed E-state index contributed by atoms with van der Waals surface area (Å²) >= 11 is 0. The van der Waals surface area contributed by atoms with E-state index in [1.54, 1.807) is 48.5 Å². The highest BCUT2D eigenvalue weighted by molar-refractivity contribution is 5.59. The Morgan fingerprint density at radius 3 is 2.37 bits per heavy atom. The first-order valence-electron chi connectivity index (χ1n) is 5.98. The van der Waals surface area contributed by atoms with Gasteiger partial charge in [0.15, 0.2) is 0 Å². The van der Waals surface area contributed by atoms with Crippen molar-refractivity contribution in [2.75, 3.05) is 5.32 Å². The standard InChI is InChI=1S/C15H15NO3/c17-10-9-13(11-5-7-12(18)8-6-11)16-14-3-1-2-4-15(14)19/h1-8,10,13,16,18-19H,9H2. The van der Waals surface area contributed by atoms with E-state index in [1.807, 2.05) is 0 Å². The molecule has 4 nitrogen and oxygen atoms in total. The van der Waals surface area contributed by atoms with Crippen molar-refractivity contribution in [3.63, 3.8) is 0 Å². The number of carbonyl (C=O) groups is 1. The molecule has 0 bridgehead atoms. The van der Waals surface area contributed by atoms with Crippen molar-refractivity contribution < 1.29 is 15.0 Å². The van der Waals surface area contributed by atoms with E-state index in [4.69, 9.17) is 0 Å². The molecule has 0 amide bonds. The highest BCUT2D eigenvalue weighted by Gasteiger charge is 2.12. The average Bonchev–Trinajstić information content (AvgIpc) is 2.42. The Morgan fingerprint density at radius 2 is 1.74 bits per heavy atom. The monoisotopic (exact) mass is 257 g/mol. The lowest BCUT2D eigenvalue weighted by atomic mass is 10.0. The van der Waals surface area contributed by atoms with Crippen LogP contribution in [0.15, 0.2) is 48.5 Å². The third kappa shape index (κ3) is 3.25. The number of anilines is 1. The predicted octanol–water partition coefficient (Wildman–Crippen LogP) is 2.84. The Kier molecular flexibility index (Phi) is 4.03. The van der Waals surface area contributed by atoms with Crippen molar-refractivity contribution >= 4 is 12.0 Å². The summed E-state index contributed by atoms with van der Waals surface area (Å²) in [6.07, 6.45) is 1.10. The van der Waals surface area contributed by atoms with Crippen LogP contribution in [0, 0.1) is 0 Å². The highest BCUT2D eigenvalue weighted by Crippen LogP contribution is 2.28. The van der Waals surface area contributed by atoms with Crippen LogP contribution in [-0.4, -0.2) is 16.5 Å². The molecule has 0 aliphatic rings. The maximum atomic E-state index is 10.8. The van der Waals surface area contributed by atoms with E-state index in [-0.39, 0.29) is 24.0 Å². The number of aromatic hydroxyl groups is 2. The van der Waals surface area contributed by atoms with Crippen LogP contribution in [0.1, 0.15) is 18.0 Å². The maximum Gasteiger partial charge on any atom is 0.138 e. The van der Waals surface area contributed by atoms with Crippen molar-refractivity contribution in [3.05, 3.63) is 54.1 Å². The third-order valence-corrected chi connectivity index (χ3v) is 2.86. The fraction of sp³-hybridized carbons (Fsp3) is 0.133. The summed E-state index contributed by atoms with van der Waals surface area (Å²) in [7, 11) is 0. The molecule has 0 aromatic heterocycles. The largest absolute Gasteiger partial charge is 0.508 e. The number of para-hydroxylation sites is 2. The number of phenolic OH excluding ortho intramolecular Hbond substituents is 2. The van der Waals surface area contributed by atoms with E-state index in [2.05, 4.69) is 5.32 Å². The molecule has 0 radical (unpaired) electrons. The summed E-state index contributed by atoms with van der Waals surface area (Å²) in [4.78, 5) is 10.8. The molecule has 4 heteroatoms. The first-order valence-corrected chi connectivity index (χ1v) is 5.98. The van der Waals surface area contributed by atoms with E-state index in [1.165, 1.54) is 0 Å². The van der Waals surface area contributed by atoms with Gasteiger partial charge in [0.2, 0.25) is 0 Å². The van der Waals surface area contributed by atoms with Gasteiger partial charge in [-0.25, -0.2) is 0 Å². The summed E-state index contributed by atoms with van der Waals surface area (Å²) in [5.41, 5.74) is 1.44. The number of nitrogens with one attached hydrogen (secondary N) is 1. The normalized spacial score (nSPS) is 11.8. The third-order valence-electron chi connectivity index (χ3n) is 2.86. The molecule has 0 fully saturated rings. The lowest BCUT2D eigenvalue weighted by Crippen LogP contribution is -2.11. The molecule has 2 aromatic carbocycles. The Hall–Kier alpha value is -2.49. The Morgan fingerprint density at radius 1 is 1.05 bits per heavy atom. The molecule has 0 aliphatic carbocycles. The smallest absolute Gasteiger partial charge is 0.138 e. The van der Waals surface area contributed by atoms with E-state index < -0.39 is 0 Å². The second-order valence-corrected chi connectivity index (χ2v) is 4.21. The lowest BCUT2D eigenvalue weighted by Gasteiger charge is -2.19. The number of benzene rings is 2. The second-order valence-electron chi connectivity index (χ2n) is 4.21. The summed E-state index contributed by atoms with van der Waals surface area (Å²) in [5, 5.41) is 22.1. The van der Waals surface area contributed by atoms with Gasteiger partial charge in [-0.2, -0.15) is 0 Å². The van der Waals surface area contributed by atoms with Gasteiger partial charge in [0.1, 0.15) is 17.8 Å². The molecule has 1 unspecified atom stereocenters. The highest BCUT2D eigenvalue weighted by atomic mass is 16.3. The van der Waals surface area contributed by atoms with Crippen molar-refractivity contribution in [2.24, 2.45) is 0 Å². The zero-order valence-corrected chi connectivity index (χ0v) is 10.3. The second kappa shape index (κ2) is 5.91. The van der Waals surface area contributed by atoms with E-state index >= 15 is 0 Å². The lowest BCUT2D eigenvalue weighted by molar-refractivity contribution is -0.108. The van der Waals surface area contributed by atoms with Gasteiger partial charge in [-0.3, -0.25) is 0 Å². The zero-order chi connectivity index (χ0) is 13.7. The quantitative estimate of drug-likeness (QED) is 0.569. The minimum absolute atomic E-state index is 0.136. The van der Waals surface area contributed by atoms with Gasteiger partial charge in [0, 0.05) is 6.42 Å². The first-order chi connectivity index (χ1) is 9.20. The molecule has 2 aromatic rings. The van der Waals surface area contributed by atoms with Gasteiger partial charge in [-0.15, -0.1) is 0 Å². The van der Waals surface area contributed by atoms with E-state index in [0.717, 1.165) is 11.8 Å². The van der Waals surface area contributed by atoms with Crippen LogP contribution in [0.5, 0.6) is 11.5 Å². The van der Waals surface area contributed by atoms with Gasteiger partial charge in [0.05, 0.1) is 11.7 Å². The maximum absolute atomic E-state index is 10.8. The number of phenols is 2. The van der Waals surface area contributed by atoms with E-state index in [0.29, 0.717) is 5.69 Å². The molecular formula is C15H15NO3. The molecule has 1 atom stereocenters. The minimum atomic E-state index is -0.244. The number of aldehydes is 1. The Bertz CT molecular complexity index is 552. The topological polar surface area (TPSA) is 69.6 Å². The van der Waals surface area contributed by atoms with Crippen LogP contribution in [0.4, 0.5) is 5.69 Å². The number of hydrogen-bond acceptors (Lipinski definition) is 4. The SMILES string of the molecule is O=CCC(Nc1ccccc1O)c1ccc(O)cc1. The molecule has 98 valence electrons. The molecule has 0 saturated heterocycles. The van der Waals surface area contributed by atoms with Crippen molar-refractivity contribution in [2.45, 2.75) is 12.5 Å². The zero-order valence-electron chi connectivity index (χ0n) is 10.3. The van der Waals surface area contributed by atoms with Crippen molar-refractivity contribution in [3.8, 4) is 11.5 Å². The fourth-order valence-corrected chi connectivity index (χ4v) is 1.86. The summed E-state index contributed by atoms with van der Waals surface area (Å²) < 4.78 is 0. The molecule has 3 N–H and O–H groups in total. The number of rotatable bonds is 5. The van der Waals surface area contributed by atoms with Gasteiger partial charge in [-0.1, -0.05) is 24.3 Å². The van der Waals surface area contributed by atoms with Crippen LogP contribution in [0.2, 0.25) is 0 Å². The summed E-state index contributed by atoms with van der Waals surface area (Å²) in [6, 6.07) is 13.2. The van der Waals surface area contributed by atoms with Gasteiger partial charge in [-0.05, 0) is 29.8 Å². The number of hydrogen-bond donors (Lipinski definition) is 3. The van der Waals surface area contributed by atoms with Crippen molar-refractivity contribution in [1.29, 1.82) is 0 Å². The molecule has 0 aliphatic heterocycles. The number of carbonyl (C=O) groups excluding carboxylic acids is 1. The average molecular weight is 257 g/mol. The molecule has 0 saturated carbocycles. The Balaban J connectivity index is 2.23. The molecule has 19 heavy (non-hydrogen) atoms. The minimum Gasteiger partial charge on any atom is -0.508 e. The van der Waals surface area contributed by atoms with E-state index in [9.17, 15) is 15.0 Å². The van der Waals surface area contributed by atoms with Crippen LogP contribution < -0.4 is 5.32 Å². The Labute approximate surface area is 111 Å². The molecule has 0 heterocycles. The predicted molar refractivity (Wildman–Crippen MR) is 73.3 cm³/mol. The fourth-order valence-electron chi connectivity index (χ4n) is 1.86. The van der Waals surface area contributed by atoms with Crippen LogP contribution in [0.3, 0.4) is 0 Å². The van der Waals surface area contributed by atoms with Crippen LogP contribution >= 0.6 is 0 Å². The van der Waals surface area contributed by atoms with Crippen molar-refractivity contribution in [1.82, 2.24) is 0 Å².